The Morgan fingerprint density at radius 2 is 1.62 bits per heavy atom. The van der Waals surface area contributed by atoms with Gasteiger partial charge in [0.05, 0.1) is 31.2 Å². The van der Waals surface area contributed by atoms with Crippen LogP contribution in [0.4, 0.5) is 5.69 Å². The van der Waals surface area contributed by atoms with Gasteiger partial charge in [-0.1, -0.05) is 80.5 Å². The van der Waals surface area contributed by atoms with Crippen LogP contribution in [0.15, 0.2) is 90.1 Å². The van der Waals surface area contributed by atoms with Crippen LogP contribution in [0.1, 0.15) is 59.0 Å². The number of nitrogens with one attached hydrogen (secondary N) is 1. The van der Waals surface area contributed by atoms with Crippen LogP contribution in [-0.2, 0) is 15.0 Å². The van der Waals surface area contributed by atoms with Gasteiger partial charge in [-0.2, -0.15) is 0 Å². The largest absolute Gasteiger partial charge is 0.493 e. The van der Waals surface area contributed by atoms with Crippen molar-refractivity contribution in [3.63, 3.8) is 0 Å². The molecule has 0 radical (unpaired) electrons. The zero-order valence-electron chi connectivity index (χ0n) is 23.3. The number of anilines is 1. The molecule has 0 aliphatic heterocycles. The monoisotopic (exact) mass is 538 g/mol. The summed E-state index contributed by atoms with van der Waals surface area (Å²) >= 11 is 0. The highest BCUT2D eigenvalue weighted by Crippen LogP contribution is 2.25. The molecule has 4 aromatic carbocycles. The predicted molar refractivity (Wildman–Crippen MR) is 158 cm³/mol. The van der Waals surface area contributed by atoms with E-state index in [2.05, 4.69) is 43.4 Å². The van der Waals surface area contributed by atoms with Crippen LogP contribution in [0.2, 0.25) is 0 Å². The summed E-state index contributed by atoms with van der Waals surface area (Å²) in [6, 6.07) is 26.3. The zero-order chi connectivity index (χ0) is 28.5. The first-order valence-electron chi connectivity index (χ1n) is 13.2. The number of carbonyl (C=O) groups is 2. The van der Waals surface area contributed by atoms with Gasteiger partial charge in [0.1, 0.15) is 12.4 Å². The maximum atomic E-state index is 13.0. The molecule has 0 aromatic heterocycles. The Balaban J connectivity index is 1.32. The number of methoxy groups -OCH3 is 1. The average molecular weight is 539 g/mol. The topological polar surface area (TPSA) is 86.2 Å². The summed E-state index contributed by atoms with van der Waals surface area (Å²) in [6.45, 7) is 7.28. The normalized spacial score (nSPS) is 11.4. The minimum absolute atomic E-state index is 0.107. The van der Waals surface area contributed by atoms with Crippen LogP contribution in [0.5, 0.6) is 5.75 Å². The van der Waals surface area contributed by atoms with Gasteiger partial charge in [-0.25, -0.2) is 4.79 Å². The molecule has 0 atom stereocenters. The van der Waals surface area contributed by atoms with Gasteiger partial charge in [-0.15, -0.1) is 0 Å². The summed E-state index contributed by atoms with van der Waals surface area (Å²) < 4.78 is 10.7. The molecule has 0 heterocycles. The SMILES string of the molecule is COC(=O)c1ccc(OCCCON=Cc2ccc(C(C)(C)C)cc2)cc1NC(=O)c1ccc2ccccc2c1. The third-order valence-electron chi connectivity index (χ3n) is 6.36. The van der Waals surface area contributed by atoms with E-state index in [9.17, 15) is 9.59 Å². The van der Waals surface area contributed by atoms with Gasteiger partial charge in [0.15, 0.2) is 0 Å². The van der Waals surface area contributed by atoms with E-state index in [1.807, 2.05) is 48.5 Å². The van der Waals surface area contributed by atoms with Crippen molar-refractivity contribution in [3.05, 3.63) is 107 Å². The number of rotatable bonds is 10. The molecule has 40 heavy (non-hydrogen) atoms. The fraction of sp³-hybridized carbons (Fsp3) is 0.242. The summed E-state index contributed by atoms with van der Waals surface area (Å²) in [5, 5.41) is 8.85. The molecule has 1 amide bonds. The van der Waals surface area contributed by atoms with Crippen LogP contribution in [-0.4, -0.2) is 38.4 Å². The number of oxime groups is 1. The standard InChI is InChI=1S/C33H34N2O5/c1-33(2,3)27-14-10-23(11-15-27)22-34-40-19-7-18-39-28-16-17-29(32(37)38-4)30(21-28)35-31(36)26-13-12-24-8-5-6-9-25(24)20-26/h5-6,8-17,20-22H,7,18-19H2,1-4H3,(H,35,36). The van der Waals surface area contributed by atoms with Gasteiger partial charge >= 0.3 is 5.97 Å². The average Bonchev–Trinajstić information content (AvgIpc) is 2.96. The Morgan fingerprint density at radius 3 is 2.35 bits per heavy atom. The minimum atomic E-state index is -0.556. The molecule has 7 nitrogen and oxygen atoms in total. The first kappa shape index (κ1) is 28.4. The van der Waals surface area contributed by atoms with E-state index in [0.717, 1.165) is 16.3 Å². The van der Waals surface area contributed by atoms with Crippen LogP contribution in [0.25, 0.3) is 10.8 Å². The Kier molecular flexibility index (Phi) is 9.17. The molecule has 0 saturated heterocycles. The molecule has 0 spiro atoms. The van der Waals surface area contributed by atoms with E-state index in [0.29, 0.717) is 36.6 Å². The van der Waals surface area contributed by atoms with Crippen LogP contribution < -0.4 is 10.1 Å². The van der Waals surface area contributed by atoms with E-state index < -0.39 is 5.97 Å². The molecule has 4 rings (SSSR count). The second kappa shape index (κ2) is 12.9. The highest BCUT2D eigenvalue weighted by Gasteiger charge is 2.17. The number of nitrogens with zero attached hydrogens (tertiary/aromatic N) is 1. The molecule has 0 bridgehead atoms. The molecule has 0 aliphatic rings. The number of esters is 1. The van der Waals surface area contributed by atoms with Crippen molar-refractivity contribution in [1.29, 1.82) is 0 Å². The van der Waals surface area contributed by atoms with E-state index in [-0.39, 0.29) is 16.9 Å². The molecular weight excluding hydrogens is 504 g/mol. The molecule has 0 fully saturated rings. The maximum Gasteiger partial charge on any atom is 0.339 e. The molecular formula is C33H34N2O5. The Hall–Kier alpha value is -4.65. The number of ether oxygens (including phenoxy) is 2. The number of carbonyl (C=O) groups excluding carboxylic acids is 2. The lowest BCUT2D eigenvalue weighted by molar-refractivity contribution is 0.0602. The fourth-order valence-corrected chi connectivity index (χ4v) is 4.06. The number of hydrogen-bond acceptors (Lipinski definition) is 6. The third-order valence-corrected chi connectivity index (χ3v) is 6.36. The van der Waals surface area contributed by atoms with Gasteiger partial charge in [0.2, 0.25) is 0 Å². The molecule has 0 unspecified atom stereocenters. The number of fused-ring (bicyclic) bond motifs is 1. The molecule has 0 saturated carbocycles. The van der Waals surface area contributed by atoms with Gasteiger partial charge in [-0.05, 0) is 51.6 Å². The van der Waals surface area contributed by atoms with Crippen LogP contribution in [0, 0.1) is 0 Å². The second-order valence-corrected chi connectivity index (χ2v) is 10.4. The van der Waals surface area contributed by atoms with E-state index in [1.165, 1.54) is 12.7 Å². The summed E-state index contributed by atoms with van der Waals surface area (Å²) in [6.07, 6.45) is 2.28. The third kappa shape index (κ3) is 7.47. The van der Waals surface area contributed by atoms with Gasteiger partial charge in [0.25, 0.3) is 5.91 Å². The van der Waals surface area contributed by atoms with Crippen molar-refractivity contribution in [2.75, 3.05) is 25.6 Å². The van der Waals surface area contributed by atoms with Crippen molar-refractivity contribution in [2.24, 2.45) is 5.16 Å². The predicted octanol–water partition coefficient (Wildman–Crippen LogP) is 7.00. The summed E-state index contributed by atoms with van der Waals surface area (Å²) in [4.78, 5) is 30.7. The summed E-state index contributed by atoms with van der Waals surface area (Å²) in [5.41, 5.74) is 3.35. The van der Waals surface area contributed by atoms with Gasteiger partial charge < -0.3 is 19.6 Å². The lowest BCUT2D eigenvalue weighted by Crippen LogP contribution is -2.15. The summed E-state index contributed by atoms with van der Waals surface area (Å²) in [5.74, 6) is -0.393. The van der Waals surface area contributed by atoms with Crippen molar-refractivity contribution < 1.29 is 23.9 Å². The van der Waals surface area contributed by atoms with E-state index in [1.54, 1.807) is 30.5 Å². The molecule has 0 aliphatic carbocycles. The first-order chi connectivity index (χ1) is 19.2. The maximum absolute atomic E-state index is 13.0. The Bertz CT molecular complexity index is 1500. The number of hydrogen-bond donors (Lipinski definition) is 1. The van der Waals surface area contributed by atoms with E-state index in [4.69, 9.17) is 14.3 Å². The molecule has 206 valence electrons. The summed E-state index contributed by atoms with van der Waals surface area (Å²) in [7, 11) is 1.30. The Morgan fingerprint density at radius 1 is 0.875 bits per heavy atom. The second-order valence-electron chi connectivity index (χ2n) is 10.4. The lowest BCUT2D eigenvalue weighted by atomic mass is 9.87. The zero-order valence-corrected chi connectivity index (χ0v) is 23.3. The molecule has 1 N–H and O–H groups in total. The van der Waals surface area contributed by atoms with Crippen molar-refractivity contribution in [3.8, 4) is 5.75 Å². The first-order valence-corrected chi connectivity index (χ1v) is 13.2. The fourth-order valence-electron chi connectivity index (χ4n) is 4.06. The van der Waals surface area contributed by atoms with Crippen molar-refractivity contribution in [1.82, 2.24) is 0 Å². The lowest BCUT2D eigenvalue weighted by Gasteiger charge is -2.18. The van der Waals surface area contributed by atoms with Gasteiger partial charge in [0, 0.05) is 18.1 Å². The van der Waals surface area contributed by atoms with E-state index >= 15 is 0 Å². The minimum Gasteiger partial charge on any atom is -0.493 e. The highest BCUT2D eigenvalue weighted by molar-refractivity contribution is 6.09. The highest BCUT2D eigenvalue weighted by atomic mass is 16.6. The van der Waals surface area contributed by atoms with Crippen molar-refractivity contribution in [2.45, 2.75) is 32.6 Å². The number of amides is 1. The Labute approximate surface area is 234 Å². The smallest absolute Gasteiger partial charge is 0.339 e. The number of benzene rings is 4. The van der Waals surface area contributed by atoms with Crippen LogP contribution in [0.3, 0.4) is 0 Å². The molecule has 7 heteroatoms. The van der Waals surface area contributed by atoms with Gasteiger partial charge in [-0.3, -0.25) is 4.79 Å². The molecule has 4 aromatic rings. The van der Waals surface area contributed by atoms with Crippen molar-refractivity contribution >= 4 is 34.6 Å². The quantitative estimate of drug-likeness (QED) is 0.102. The van der Waals surface area contributed by atoms with Crippen LogP contribution >= 0.6 is 0 Å².